The predicted molar refractivity (Wildman–Crippen MR) is 71.7 cm³/mol. The average molecular weight is 231 g/mol. The molecule has 1 aromatic carbocycles. The van der Waals surface area contributed by atoms with Crippen LogP contribution in [0.25, 0.3) is 0 Å². The van der Waals surface area contributed by atoms with Crippen LogP contribution in [-0.4, -0.2) is 37.6 Å². The lowest BCUT2D eigenvalue weighted by Gasteiger charge is -2.25. The predicted octanol–water partition coefficient (Wildman–Crippen LogP) is 1.20. The monoisotopic (exact) mass is 231 g/mol. The highest BCUT2D eigenvalue weighted by atomic mass is 15.2. The summed E-state index contributed by atoms with van der Waals surface area (Å²) in [5.74, 6) is 0. The molecule has 0 spiro atoms. The Hall–Kier alpha value is -1.32. The highest BCUT2D eigenvalue weighted by Gasteiger charge is 2.03. The number of piperazine rings is 1. The van der Waals surface area contributed by atoms with E-state index in [4.69, 9.17) is 0 Å². The molecule has 3 nitrogen and oxygen atoms in total. The number of rotatable bonds is 5. The van der Waals surface area contributed by atoms with Crippen LogP contribution >= 0.6 is 0 Å². The molecule has 17 heavy (non-hydrogen) atoms. The minimum absolute atomic E-state index is 0.929. The first-order valence-corrected chi connectivity index (χ1v) is 6.31. The minimum Gasteiger partial charge on any atom is -0.375 e. The van der Waals surface area contributed by atoms with E-state index in [0.29, 0.717) is 0 Å². The van der Waals surface area contributed by atoms with Gasteiger partial charge in [0, 0.05) is 39.3 Å². The first-order valence-electron chi connectivity index (χ1n) is 6.31. The van der Waals surface area contributed by atoms with Crippen molar-refractivity contribution < 1.29 is 0 Å². The Labute approximate surface area is 104 Å². The van der Waals surface area contributed by atoms with Crippen molar-refractivity contribution in [1.29, 1.82) is 0 Å². The van der Waals surface area contributed by atoms with Crippen LogP contribution in [0.5, 0.6) is 0 Å². The van der Waals surface area contributed by atoms with Crippen molar-refractivity contribution in [3.63, 3.8) is 0 Å². The molecule has 1 fully saturated rings. The fourth-order valence-electron chi connectivity index (χ4n) is 1.93. The summed E-state index contributed by atoms with van der Waals surface area (Å²) >= 11 is 0. The maximum Gasteiger partial charge on any atom is 0.0298 e. The van der Waals surface area contributed by atoms with Crippen molar-refractivity contribution >= 4 is 0 Å². The molecule has 1 heterocycles. The zero-order chi connectivity index (χ0) is 11.8. The van der Waals surface area contributed by atoms with Gasteiger partial charge in [0.25, 0.3) is 0 Å². The Morgan fingerprint density at radius 1 is 1.18 bits per heavy atom. The first-order chi connectivity index (χ1) is 8.45. The first kappa shape index (κ1) is 12.1. The molecule has 0 amide bonds. The maximum absolute atomic E-state index is 3.41. The number of nitrogens with zero attached hydrogens (tertiary/aromatic N) is 1. The smallest absolute Gasteiger partial charge is 0.0298 e. The Kier molecular flexibility index (Phi) is 5.07. The van der Waals surface area contributed by atoms with E-state index in [1.807, 2.05) is 6.07 Å². The van der Waals surface area contributed by atoms with Crippen molar-refractivity contribution in [3.8, 4) is 0 Å². The van der Waals surface area contributed by atoms with Gasteiger partial charge in [0.15, 0.2) is 0 Å². The molecule has 1 aliphatic heterocycles. The molecule has 1 aliphatic rings. The molecular formula is C14H21N3. The topological polar surface area (TPSA) is 27.3 Å². The number of hydrogen-bond acceptors (Lipinski definition) is 3. The molecule has 92 valence electrons. The summed E-state index contributed by atoms with van der Waals surface area (Å²) in [5, 5.41) is 6.76. The Morgan fingerprint density at radius 2 is 1.94 bits per heavy atom. The second kappa shape index (κ2) is 7.09. The lowest BCUT2D eigenvalue weighted by Crippen LogP contribution is -2.40. The quantitative estimate of drug-likeness (QED) is 0.746. The summed E-state index contributed by atoms with van der Waals surface area (Å²) in [7, 11) is 0. The average Bonchev–Trinajstić information content (AvgIpc) is 2.41. The molecule has 2 rings (SSSR count). The van der Waals surface area contributed by atoms with Gasteiger partial charge in [-0.1, -0.05) is 36.4 Å². The second-order valence-electron chi connectivity index (χ2n) is 4.29. The molecule has 2 N–H and O–H groups in total. The van der Waals surface area contributed by atoms with E-state index in [-0.39, 0.29) is 0 Å². The fourth-order valence-corrected chi connectivity index (χ4v) is 1.93. The van der Waals surface area contributed by atoms with Gasteiger partial charge in [0.05, 0.1) is 0 Å². The van der Waals surface area contributed by atoms with Crippen LogP contribution in [0, 0.1) is 0 Å². The molecule has 1 aromatic rings. The van der Waals surface area contributed by atoms with Gasteiger partial charge in [0.1, 0.15) is 0 Å². The molecule has 0 unspecified atom stereocenters. The maximum atomic E-state index is 3.41. The Balaban J connectivity index is 1.61. The minimum atomic E-state index is 0.929. The highest BCUT2D eigenvalue weighted by molar-refractivity contribution is 5.14. The largest absolute Gasteiger partial charge is 0.375 e. The third-order valence-electron chi connectivity index (χ3n) is 2.90. The van der Waals surface area contributed by atoms with Gasteiger partial charge in [0.2, 0.25) is 0 Å². The zero-order valence-corrected chi connectivity index (χ0v) is 10.2. The van der Waals surface area contributed by atoms with E-state index in [0.717, 1.165) is 39.3 Å². The third kappa shape index (κ3) is 4.59. The molecule has 0 saturated carbocycles. The lowest BCUT2D eigenvalue weighted by molar-refractivity contribution is 0.323. The SMILES string of the molecule is C(=CN1CCNCC1)CNCc1ccccc1. The van der Waals surface area contributed by atoms with Crippen LogP contribution in [0.15, 0.2) is 42.6 Å². The van der Waals surface area contributed by atoms with Gasteiger partial charge in [-0.3, -0.25) is 0 Å². The van der Waals surface area contributed by atoms with Crippen LogP contribution in [0.1, 0.15) is 5.56 Å². The van der Waals surface area contributed by atoms with Crippen molar-refractivity contribution in [2.75, 3.05) is 32.7 Å². The van der Waals surface area contributed by atoms with Gasteiger partial charge >= 0.3 is 0 Å². The standard InChI is InChI=1S/C14H21N3/c1-2-5-14(6-3-1)13-16-7-4-10-17-11-8-15-9-12-17/h1-6,10,15-16H,7-9,11-13H2. The lowest BCUT2D eigenvalue weighted by atomic mass is 10.2. The third-order valence-corrected chi connectivity index (χ3v) is 2.90. The summed E-state index contributed by atoms with van der Waals surface area (Å²) in [6.45, 7) is 6.31. The number of nitrogens with one attached hydrogen (secondary N) is 2. The molecule has 1 saturated heterocycles. The molecule has 0 aromatic heterocycles. The number of hydrogen-bond donors (Lipinski definition) is 2. The molecular weight excluding hydrogens is 210 g/mol. The van der Waals surface area contributed by atoms with E-state index >= 15 is 0 Å². The summed E-state index contributed by atoms with van der Waals surface area (Å²) in [6.07, 6.45) is 4.41. The van der Waals surface area contributed by atoms with Crippen molar-refractivity contribution in [3.05, 3.63) is 48.2 Å². The van der Waals surface area contributed by atoms with Crippen LogP contribution < -0.4 is 10.6 Å². The van der Waals surface area contributed by atoms with Crippen molar-refractivity contribution in [2.45, 2.75) is 6.54 Å². The van der Waals surface area contributed by atoms with Gasteiger partial charge in [-0.2, -0.15) is 0 Å². The van der Waals surface area contributed by atoms with Crippen LogP contribution in [0.2, 0.25) is 0 Å². The van der Waals surface area contributed by atoms with Gasteiger partial charge in [-0.15, -0.1) is 0 Å². The van der Waals surface area contributed by atoms with E-state index < -0.39 is 0 Å². The van der Waals surface area contributed by atoms with E-state index in [2.05, 4.69) is 52.1 Å². The van der Waals surface area contributed by atoms with Crippen LogP contribution in [0.3, 0.4) is 0 Å². The normalized spacial score (nSPS) is 16.6. The van der Waals surface area contributed by atoms with E-state index in [1.54, 1.807) is 0 Å². The molecule has 0 radical (unpaired) electrons. The van der Waals surface area contributed by atoms with Crippen molar-refractivity contribution in [1.82, 2.24) is 15.5 Å². The van der Waals surface area contributed by atoms with Crippen LogP contribution in [0.4, 0.5) is 0 Å². The highest BCUT2D eigenvalue weighted by Crippen LogP contribution is 1.97. The van der Waals surface area contributed by atoms with Gasteiger partial charge in [-0.05, 0) is 11.8 Å². The zero-order valence-electron chi connectivity index (χ0n) is 10.2. The van der Waals surface area contributed by atoms with E-state index in [9.17, 15) is 0 Å². The van der Waals surface area contributed by atoms with Crippen LogP contribution in [-0.2, 0) is 6.54 Å². The van der Waals surface area contributed by atoms with E-state index in [1.165, 1.54) is 5.56 Å². The van der Waals surface area contributed by atoms with Crippen molar-refractivity contribution in [2.24, 2.45) is 0 Å². The molecule has 0 aliphatic carbocycles. The summed E-state index contributed by atoms with van der Waals surface area (Å²) in [6, 6.07) is 10.5. The summed E-state index contributed by atoms with van der Waals surface area (Å²) in [4.78, 5) is 2.36. The molecule has 3 heteroatoms. The summed E-state index contributed by atoms with van der Waals surface area (Å²) < 4.78 is 0. The van der Waals surface area contributed by atoms with Gasteiger partial charge < -0.3 is 15.5 Å². The Bertz CT molecular complexity index is 329. The Morgan fingerprint density at radius 3 is 2.71 bits per heavy atom. The number of benzene rings is 1. The second-order valence-corrected chi connectivity index (χ2v) is 4.29. The molecule has 0 bridgehead atoms. The fraction of sp³-hybridized carbons (Fsp3) is 0.429. The summed E-state index contributed by atoms with van der Waals surface area (Å²) in [5.41, 5.74) is 1.34. The molecule has 0 atom stereocenters. The van der Waals surface area contributed by atoms with Gasteiger partial charge in [-0.25, -0.2) is 0 Å².